The van der Waals surface area contributed by atoms with Gasteiger partial charge in [-0.3, -0.25) is 4.79 Å². The zero-order valence-electron chi connectivity index (χ0n) is 10.9. The molecule has 100 valence electrons. The van der Waals surface area contributed by atoms with Crippen molar-refractivity contribution >= 4 is 11.8 Å². The van der Waals surface area contributed by atoms with Gasteiger partial charge in [-0.05, 0) is 19.3 Å². The number of aliphatic carboxylic acids is 1. The van der Waals surface area contributed by atoms with Crippen molar-refractivity contribution in [3.05, 3.63) is 18.1 Å². The minimum atomic E-state index is -0.707. The quantitative estimate of drug-likeness (QED) is 0.659. The Balaban J connectivity index is 2.08. The van der Waals surface area contributed by atoms with Gasteiger partial charge < -0.3 is 10.4 Å². The highest BCUT2D eigenvalue weighted by atomic mass is 16.4. The van der Waals surface area contributed by atoms with E-state index in [9.17, 15) is 4.79 Å². The summed E-state index contributed by atoms with van der Waals surface area (Å²) in [4.78, 5) is 18.6. The molecular formula is C13H21N3O2. The number of carboxylic acid groups (broad SMARTS) is 1. The van der Waals surface area contributed by atoms with Crippen molar-refractivity contribution in [1.82, 2.24) is 9.97 Å². The molecule has 1 aromatic heterocycles. The second kappa shape index (κ2) is 8.44. The lowest BCUT2D eigenvalue weighted by atomic mass is 10.1. The summed E-state index contributed by atoms with van der Waals surface area (Å²) in [7, 11) is 0. The molecule has 1 aromatic rings. The van der Waals surface area contributed by atoms with E-state index in [0.717, 1.165) is 50.2 Å². The Morgan fingerprint density at radius 3 is 2.78 bits per heavy atom. The van der Waals surface area contributed by atoms with E-state index in [0.29, 0.717) is 0 Å². The van der Waals surface area contributed by atoms with E-state index in [1.807, 2.05) is 6.07 Å². The molecule has 0 fully saturated rings. The third-order valence-electron chi connectivity index (χ3n) is 2.71. The Kier molecular flexibility index (Phi) is 6.76. The topological polar surface area (TPSA) is 75.1 Å². The van der Waals surface area contributed by atoms with Gasteiger partial charge in [-0.15, -0.1) is 0 Å². The van der Waals surface area contributed by atoms with E-state index in [1.165, 1.54) is 0 Å². The molecule has 0 amide bonds. The molecule has 0 radical (unpaired) electrons. The van der Waals surface area contributed by atoms with Gasteiger partial charge in [0.1, 0.15) is 12.1 Å². The van der Waals surface area contributed by atoms with E-state index >= 15 is 0 Å². The van der Waals surface area contributed by atoms with Crippen LogP contribution in [0.1, 0.15) is 44.7 Å². The van der Waals surface area contributed by atoms with Crippen molar-refractivity contribution in [3.8, 4) is 0 Å². The lowest BCUT2D eigenvalue weighted by Crippen LogP contribution is -2.04. The van der Waals surface area contributed by atoms with E-state index < -0.39 is 5.97 Å². The lowest BCUT2D eigenvalue weighted by Gasteiger charge is -2.05. The first-order valence-electron chi connectivity index (χ1n) is 6.49. The number of aryl methyl sites for hydroxylation is 1. The highest BCUT2D eigenvalue weighted by Gasteiger charge is 1.98. The van der Waals surface area contributed by atoms with Gasteiger partial charge in [0.2, 0.25) is 0 Å². The number of nitrogens with one attached hydrogen (secondary N) is 1. The van der Waals surface area contributed by atoms with Crippen LogP contribution in [0, 0.1) is 0 Å². The first kappa shape index (κ1) is 14.4. The second-order valence-electron chi connectivity index (χ2n) is 4.23. The first-order valence-corrected chi connectivity index (χ1v) is 6.49. The van der Waals surface area contributed by atoms with Crippen LogP contribution in [0.5, 0.6) is 0 Å². The van der Waals surface area contributed by atoms with Crippen molar-refractivity contribution in [1.29, 1.82) is 0 Å². The SMILES string of the molecule is CCc1cc(NCCCCCCC(=O)O)ncn1. The summed E-state index contributed by atoms with van der Waals surface area (Å²) in [5.41, 5.74) is 1.04. The highest BCUT2D eigenvalue weighted by molar-refractivity contribution is 5.66. The van der Waals surface area contributed by atoms with Gasteiger partial charge in [-0.2, -0.15) is 0 Å². The summed E-state index contributed by atoms with van der Waals surface area (Å²) in [6.45, 7) is 2.93. The molecule has 0 unspecified atom stereocenters. The largest absolute Gasteiger partial charge is 0.481 e. The molecule has 0 atom stereocenters. The third-order valence-corrected chi connectivity index (χ3v) is 2.71. The number of carbonyl (C=O) groups is 1. The van der Waals surface area contributed by atoms with Crippen LogP contribution in [-0.4, -0.2) is 27.6 Å². The number of hydrogen-bond acceptors (Lipinski definition) is 4. The van der Waals surface area contributed by atoms with Crippen LogP contribution in [0.15, 0.2) is 12.4 Å². The van der Waals surface area contributed by atoms with Gasteiger partial charge in [-0.25, -0.2) is 9.97 Å². The Morgan fingerprint density at radius 1 is 1.28 bits per heavy atom. The van der Waals surface area contributed by atoms with Crippen LogP contribution in [-0.2, 0) is 11.2 Å². The van der Waals surface area contributed by atoms with Crippen LogP contribution in [0.2, 0.25) is 0 Å². The molecule has 18 heavy (non-hydrogen) atoms. The second-order valence-corrected chi connectivity index (χ2v) is 4.23. The highest BCUT2D eigenvalue weighted by Crippen LogP contribution is 2.06. The number of aromatic nitrogens is 2. The average molecular weight is 251 g/mol. The number of carboxylic acids is 1. The Morgan fingerprint density at radius 2 is 2.06 bits per heavy atom. The fourth-order valence-corrected chi connectivity index (χ4v) is 1.66. The third kappa shape index (κ3) is 6.18. The normalized spacial score (nSPS) is 10.3. The summed E-state index contributed by atoms with van der Waals surface area (Å²) in [6, 6.07) is 1.96. The number of nitrogens with zero attached hydrogens (tertiary/aromatic N) is 2. The molecule has 2 N–H and O–H groups in total. The smallest absolute Gasteiger partial charge is 0.303 e. The molecule has 1 heterocycles. The number of unbranched alkanes of at least 4 members (excludes halogenated alkanes) is 3. The van der Waals surface area contributed by atoms with Gasteiger partial charge in [0.15, 0.2) is 0 Å². The van der Waals surface area contributed by atoms with Gasteiger partial charge in [0, 0.05) is 24.7 Å². The van der Waals surface area contributed by atoms with Gasteiger partial charge >= 0.3 is 5.97 Å². The molecule has 5 heteroatoms. The Bertz CT molecular complexity index is 369. The van der Waals surface area contributed by atoms with Gasteiger partial charge in [-0.1, -0.05) is 19.8 Å². The molecular weight excluding hydrogens is 230 g/mol. The van der Waals surface area contributed by atoms with Crippen molar-refractivity contribution in [2.24, 2.45) is 0 Å². The molecule has 0 aliphatic rings. The van der Waals surface area contributed by atoms with Crippen LogP contribution < -0.4 is 5.32 Å². The van der Waals surface area contributed by atoms with E-state index in [1.54, 1.807) is 6.33 Å². The average Bonchev–Trinajstić information content (AvgIpc) is 2.37. The summed E-state index contributed by atoms with van der Waals surface area (Å²) < 4.78 is 0. The fourth-order valence-electron chi connectivity index (χ4n) is 1.66. The first-order chi connectivity index (χ1) is 8.72. The minimum Gasteiger partial charge on any atom is -0.481 e. The summed E-state index contributed by atoms with van der Waals surface area (Å²) in [6.07, 6.45) is 6.58. The standard InChI is InChI=1S/C13H21N3O2/c1-2-11-9-12(16-10-15-11)14-8-6-4-3-5-7-13(17)18/h9-10H,2-8H2,1H3,(H,17,18)(H,14,15,16). The van der Waals surface area contributed by atoms with E-state index in [2.05, 4.69) is 22.2 Å². The monoisotopic (exact) mass is 251 g/mol. The molecule has 0 bridgehead atoms. The molecule has 0 aromatic carbocycles. The molecule has 0 saturated heterocycles. The van der Waals surface area contributed by atoms with Crippen LogP contribution in [0.3, 0.4) is 0 Å². The maximum atomic E-state index is 10.3. The summed E-state index contributed by atoms with van der Waals surface area (Å²) >= 11 is 0. The Hall–Kier alpha value is -1.65. The van der Waals surface area contributed by atoms with Crippen molar-refractivity contribution < 1.29 is 9.90 Å². The predicted octanol–water partition coefficient (Wildman–Crippen LogP) is 2.49. The van der Waals surface area contributed by atoms with Crippen molar-refractivity contribution in [3.63, 3.8) is 0 Å². The van der Waals surface area contributed by atoms with Crippen molar-refractivity contribution in [2.45, 2.75) is 45.4 Å². The maximum absolute atomic E-state index is 10.3. The summed E-state index contributed by atoms with van der Waals surface area (Å²) in [5.74, 6) is 0.161. The molecule has 0 saturated carbocycles. The molecule has 5 nitrogen and oxygen atoms in total. The van der Waals surface area contributed by atoms with Crippen LogP contribution >= 0.6 is 0 Å². The molecule has 0 spiro atoms. The van der Waals surface area contributed by atoms with Gasteiger partial charge in [0.25, 0.3) is 0 Å². The Labute approximate surface area is 108 Å². The molecule has 1 rings (SSSR count). The predicted molar refractivity (Wildman–Crippen MR) is 70.6 cm³/mol. The lowest BCUT2D eigenvalue weighted by molar-refractivity contribution is -0.137. The van der Waals surface area contributed by atoms with Crippen molar-refractivity contribution in [2.75, 3.05) is 11.9 Å². The van der Waals surface area contributed by atoms with E-state index in [4.69, 9.17) is 5.11 Å². The van der Waals surface area contributed by atoms with E-state index in [-0.39, 0.29) is 6.42 Å². The zero-order chi connectivity index (χ0) is 13.2. The van der Waals surface area contributed by atoms with Crippen LogP contribution in [0.25, 0.3) is 0 Å². The van der Waals surface area contributed by atoms with Gasteiger partial charge in [0.05, 0.1) is 0 Å². The zero-order valence-corrected chi connectivity index (χ0v) is 10.9. The van der Waals surface area contributed by atoms with Crippen LogP contribution in [0.4, 0.5) is 5.82 Å². The number of hydrogen-bond donors (Lipinski definition) is 2. The maximum Gasteiger partial charge on any atom is 0.303 e. The fraction of sp³-hybridized carbons (Fsp3) is 0.615. The minimum absolute atomic E-state index is 0.277. The molecule has 0 aliphatic heterocycles. The number of anilines is 1. The molecule has 0 aliphatic carbocycles. The number of rotatable bonds is 9. The summed E-state index contributed by atoms with van der Waals surface area (Å²) in [5, 5.41) is 11.7.